The van der Waals surface area contributed by atoms with Crippen LogP contribution in [-0.2, 0) is 12.8 Å². The summed E-state index contributed by atoms with van der Waals surface area (Å²) in [5, 5.41) is 7.57. The summed E-state index contributed by atoms with van der Waals surface area (Å²) in [4.78, 5) is 4.49. The highest BCUT2D eigenvalue weighted by Crippen LogP contribution is 2.24. The molecule has 2 atom stereocenters. The molecule has 202 valence electrons. The summed E-state index contributed by atoms with van der Waals surface area (Å²) in [6.07, 6.45) is 15.8. The zero-order valence-electron chi connectivity index (χ0n) is 22.7. The molecule has 0 saturated carbocycles. The predicted molar refractivity (Wildman–Crippen MR) is 154 cm³/mol. The predicted octanol–water partition coefficient (Wildman–Crippen LogP) is 7.37. The quantitative estimate of drug-likeness (QED) is 0.178. The van der Waals surface area contributed by atoms with Gasteiger partial charge in [0.15, 0.2) is 0 Å². The molecule has 2 unspecified atom stereocenters. The number of hydrogen-bond acceptors (Lipinski definition) is 4. The molecule has 0 spiro atoms. The van der Waals surface area contributed by atoms with Gasteiger partial charge in [0.25, 0.3) is 0 Å². The lowest BCUT2D eigenvalue weighted by Crippen LogP contribution is -2.43. The molecule has 1 aromatic rings. The van der Waals surface area contributed by atoms with E-state index in [0.29, 0.717) is 11.5 Å². The summed E-state index contributed by atoms with van der Waals surface area (Å²) in [5.74, 6) is 0.631. The van der Waals surface area contributed by atoms with Crippen molar-refractivity contribution in [1.82, 2.24) is 10.6 Å². The van der Waals surface area contributed by atoms with Gasteiger partial charge in [-0.3, -0.25) is 10.3 Å². The average molecular weight is 519 g/mol. The largest absolute Gasteiger partial charge is 0.403 e. The zero-order chi connectivity index (χ0) is 26.4. The first-order valence-corrected chi connectivity index (χ1v) is 14.3. The van der Waals surface area contributed by atoms with Crippen LogP contribution in [0.25, 0.3) is 0 Å². The fourth-order valence-corrected chi connectivity index (χ4v) is 5.29. The highest BCUT2D eigenvalue weighted by molar-refractivity contribution is 6.39. The highest BCUT2D eigenvalue weighted by Gasteiger charge is 2.24. The van der Waals surface area contributed by atoms with Crippen LogP contribution in [0.3, 0.4) is 0 Å². The summed E-state index contributed by atoms with van der Waals surface area (Å²) < 4.78 is 14.8. The molecule has 0 aliphatic carbocycles. The number of benzene rings is 1. The Morgan fingerprint density at radius 3 is 2.64 bits per heavy atom. The van der Waals surface area contributed by atoms with E-state index in [1.807, 2.05) is 6.07 Å². The molecule has 0 aromatic heterocycles. The highest BCUT2D eigenvalue weighted by atomic mass is 35.5. The molecule has 2 rings (SSSR count). The maximum atomic E-state index is 14.8. The van der Waals surface area contributed by atoms with Gasteiger partial charge in [-0.25, -0.2) is 4.39 Å². The van der Waals surface area contributed by atoms with Crippen LogP contribution in [0.15, 0.2) is 46.7 Å². The molecule has 4 nitrogen and oxygen atoms in total. The molecule has 1 aliphatic heterocycles. The van der Waals surface area contributed by atoms with E-state index in [-0.39, 0.29) is 17.5 Å². The maximum Gasteiger partial charge on any atom is 0.127 e. The van der Waals surface area contributed by atoms with Gasteiger partial charge in [0.05, 0.1) is 11.2 Å². The maximum absolute atomic E-state index is 14.8. The van der Waals surface area contributed by atoms with E-state index in [9.17, 15) is 4.39 Å². The van der Waals surface area contributed by atoms with Crippen LogP contribution in [0.2, 0.25) is 0 Å². The number of aliphatic imine (C=N–C) groups is 1. The molecular formula is C30H48ClFN4. The molecule has 36 heavy (non-hydrogen) atoms. The molecule has 6 heteroatoms. The van der Waals surface area contributed by atoms with Gasteiger partial charge in [0.2, 0.25) is 0 Å². The first-order chi connectivity index (χ1) is 17.3. The Kier molecular flexibility index (Phi) is 13.6. The monoisotopic (exact) mass is 518 g/mol. The van der Waals surface area contributed by atoms with Gasteiger partial charge in [-0.1, -0.05) is 70.3 Å². The summed E-state index contributed by atoms with van der Waals surface area (Å²) in [7, 11) is 0. The number of halogens is 2. The van der Waals surface area contributed by atoms with Crippen molar-refractivity contribution in [2.24, 2.45) is 16.6 Å². The Hall–Kier alpha value is -1.85. The SMILES string of the molecule is C=C(Cc1ccc(CCCCC2CCCC(/N=C\C(Cl)=C/N)NCC2)cc1F)NC(CC)(CC)CC. The standard InChI is InChI=1S/C30H48ClFN4/c1-5-30(6-2,7-3)36-23(4)19-26-16-15-25(20-28(26)32)12-9-8-11-24-13-10-14-29(34-18-17-24)35-22-27(31)21-33/h15-16,20-22,24,29,34,36H,4-14,17-19,33H2,1-3H3/b27-21+,35-22-. The van der Waals surface area contributed by atoms with Crippen LogP contribution in [0, 0.1) is 11.7 Å². The van der Waals surface area contributed by atoms with Crippen LogP contribution in [-0.4, -0.2) is 24.5 Å². The van der Waals surface area contributed by atoms with E-state index in [1.54, 1.807) is 12.3 Å². The number of nitrogens with one attached hydrogen (secondary N) is 2. The zero-order valence-corrected chi connectivity index (χ0v) is 23.5. The second-order valence-electron chi connectivity index (χ2n) is 10.3. The third kappa shape index (κ3) is 10.3. The average Bonchev–Trinajstić information content (AvgIpc) is 2.86. The summed E-state index contributed by atoms with van der Waals surface area (Å²) in [5.41, 5.74) is 8.16. The summed E-state index contributed by atoms with van der Waals surface area (Å²) >= 11 is 5.90. The van der Waals surface area contributed by atoms with E-state index >= 15 is 0 Å². The Bertz CT molecular complexity index is 844. The molecule has 1 saturated heterocycles. The van der Waals surface area contributed by atoms with Gasteiger partial charge in [-0.15, -0.1) is 0 Å². The lowest BCUT2D eigenvalue weighted by Gasteiger charge is -2.34. The summed E-state index contributed by atoms with van der Waals surface area (Å²) in [6, 6.07) is 5.76. The third-order valence-electron chi connectivity index (χ3n) is 7.88. The number of aryl methyl sites for hydroxylation is 1. The second-order valence-corrected chi connectivity index (χ2v) is 10.7. The fourth-order valence-electron chi connectivity index (χ4n) is 5.24. The van der Waals surface area contributed by atoms with Crippen molar-refractivity contribution in [2.45, 2.75) is 110 Å². The Labute approximate surface area is 224 Å². The lowest BCUT2D eigenvalue weighted by atomic mass is 9.89. The minimum atomic E-state index is -0.114. The van der Waals surface area contributed by atoms with E-state index < -0.39 is 0 Å². The number of nitrogens with zero attached hydrogens (tertiary/aromatic N) is 1. The first kappa shape index (κ1) is 30.4. The van der Waals surface area contributed by atoms with Crippen LogP contribution in [0.5, 0.6) is 0 Å². The Morgan fingerprint density at radius 1 is 1.22 bits per heavy atom. The number of hydrogen-bond donors (Lipinski definition) is 3. The van der Waals surface area contributed by atoms with Crippen LogP contribution < -0.4 is 16.4 Å². The molecule has 1 aliphatic rings. The molecule has 0 bridgehead atoms. The Balaban J connectivity index is 1.73. The van der Waals surface area contributed by atoms with Crippen molar-refractivity contribution in [3.63, 3.8) is 0 Å². The third-order valence-corrected chi connectivity index (χ3v) is 8.10. The smallest absolute Gasteiger partial charge is 0.127 e. The first-order valence-electron chi connectivity index (χ1n) is 13.9. The topological polar surface area (TPSA) is 62.4 Å². The van der Waals surface area contributed by atoms with Gasteiger partial charge in [0, 0.05) is 30.1 Å². The van der Waals surface area contributed by atoms with E-state index in [0.717, 1.165) is 74.2 Å². The number of unbranched alkanes of at least 4 members (excludes halogenated alkanes) is 1. The molecule has 1 aromatic carbocycles. The molecule has 1 heterocycles. The number of rotatable bonds is 14. The normalized spacial score (nSPS) is 19.8. The molecular weight excluding hydrogens is 471 g/mol. The van der Waals surface area contributed by atoms with E-state index in [1.165, 1.54) is 31.9 Å². The summed E-state index contributed by atoms with van der Waals surface area (Å²) in [6.45, 7) is 11.7. The Morgan fingerprint density at radius 2 is 1.97 bits per heavy atom. The van der Waals surface area contributed by atoms with Crippen molar-refractivity contribution >= 4 is 17.8 Å². The second kappa shape index (κ2) is 16.1. The minimum Gasteiger partial charge on any atom is -0.403 e. The molecule has 1 fully saturated rings. The van der Waals surface area contributed by atoms with Crippen molar-refractivity contribution in [2.75, 3.05) is 6.54 Å². The van der Waals surface area contributed by atoms with Crippen molar-refractivity contribution < 1.29 is 4.39 Å². The van der Waals surface area contributed by atoms with Crippen LogP contribution in [0.4, 0.5) is 4.39 Å². The molecule has 0 radical (unpaired) electrons. The number of allylic oxidation sites excluding steroid dienone is 2. The van der Waals surface area contributed by atoms with Crippen molar-refractivity contribution in [3.8, 4) is 0 Å². The minimum absolute atomic E-state index is 0.0616. The lowest BCUT2D eigenvalue weighted by molar-refractivity contribution is 0.315. The van der Waals surface area contributed by atoms with Crippen molar-refractivity contribution in [3.05, 3.63) is 58.7 Å². The van der Waals surface area contributed by atoms with Gasteiger partial charge < -0.3 is 11.1 Å². The molecule has 4 N–H and O–H groups in total. The van der Waals surface area contributed by atoms with E-state index in [2.05, 4.69) is 49.0 Å². The molecule has 0 amide bonds. The van der Waals surface area contributed by atoms with Gasteiger partial charge in [-0.2, -0.15) is 0 Å². The van der Waals surface area contributed by atoms with Crippen molar-refractivity contribution in [1.29, 1.82) is 0 Å². The van der Waals surface area contributed by atoms with Crippen LogP contribution in [0.1, 0.15) is 96.1 Å². The van der Waals surface area contributed by atoms with Gasteiger partial charge in [0.1, 0.15) is 5.82 Å². The fraction of sp³-hybridized carbons (Fsp3) is 0.633. The number of nitrogens with two attached hydrogens (primary N) is 1. The van der Waals surface area contributed by atoms with Gasteiger partial charge >= 0.3 is 0 Å². The van der Waals surface area contributed by atoms with E-state index in [4.69, 9.17) is 17.3 Å². The van der Waals surface area contributed by atoms with Gasteiger partial charge in [-0.05, 0) is 81.0 Å². The van der Waals surface area contributed by atoms with Crippen LogP contribution >= 0.6 is 11.6 Å².